The quantitative estimate of drug-likeness (QED) is 0.599. The molecule has 0 spiro atoms. The first kappa shape index (κ1) is 20.1. The summed E-state index contributed by atoms with van der Waals surface area (Å²) in [5, 5.41) is 6.53. The summed E-state index contributed by atoms with van der Waals surface area (Å²) in [7, 11) is 0. The Morgan fingerprint density at radius 1 is 1.17 bits per heavy atom. The Hall–Kier alpha value is -3.19. The summed E-state index contributed by atoms with van der Waals surface area (Å²) < 4.78 is 5.49. The first-order valence-corrected chi connectivity index (χ1v) is 10.8. The van der Waals surface area contributed by atoms with Crippen molar-refractivity contribution < 1.29 is 14.3 Å². The molecule has 0 unspecified atom stereocenters. The molecular formula is C23H23N3O3S. The third kappa shape index (κ3) is 4.36. The number of pyridine rings is 1. The van der Waals surface area contributed by atoms with Crippen molar-refractivity contribution in [3.05, 3.63) is 75.9 Å². The van der Waals surface area contributed by atoms with Crippen molar-refractivity contribution in [1.82, 2.24) is 10.3 Å². The zero-order valence-electron chi connectivity index (χ0n) is 16.7. The lowest BCUT2D eigenvalue weighted by Crippen LogP contribution is -2.25. The van der Waals surface area contributed by atoms with Crippen LogP contribution in [0.15, 0.2) is 48.8 Å². The van der Waals surface area contributed by atoms with Crippen LogP contribution in [0.5, 0.6) is 5.75 Å². The normalized spacial score (nSPS) is 12.3. The van der Waals surface area contributed by atoms with Crippen molar-refractivity contribution in [2.75, 3.05) is 11.9 Å². The second-order valence-corrected chi connectivity index (χ2v) is 8.13. The van der Waals surface area contributed by atoms with Gasteiger partial charge in [0.05, 0.1) is 12.2 Å². The number of nitrogens with one attached hydrogen (secondary N) is 2. The van der Waals surface area contributed by atoms with Crippen LogP contribution in [-0.4, -0.2) is 23.4 Å². The molecule has 0 fully saturated rings. The summed E-state index contributed by atoms with van der Waals surface area (Å²) >= 11 is 1.50. The highest BCUT2D eigenvalue weighted by Gasteiger charge is 2.27. The molecule has 0 saturated carbocycles. The molecular weight excluding hydrogens is 398 g/mol. The molecule has 2 aromatic heterocycles. The summed E-state index contributed by atoms with van der Waals surface area (Å²) in [6.07, 6.45) is 6.27. The summed E-state index contributed by atoms with van der Waals surface area (Å²) in [6, 6.07) is 10.8. The van der Waals surface area contributed by atoms with Gasteiger partial charge in [-0.15, -0.1) is 11.3 Å². The van der Waals surface area contributed by atoms with Crippen LogP contribution in [-0.2, 0) is 19.4 Å². The number of aromatic nitrogens is 1. The maximum Gasteiger partial charge on any atom is 0.256 e. The van der Waals surface area contributed by atoms with Gasteiger partial charge in [-0.2, -0.15) is 0 Å². The second kappa shape index (κ2) is 9.09. The van der Waals surface area contributed by atoms with Gasteiger partial charge >= 0.3 is 0 Å². The molecule has 3 aromatic rings. The van der Waals surface area contributed by atoms with E-state index in [2.05, 4.69) is 15.6 Å². The third-order valence-corrected chi connectivity index (χ3v) is 6.17. The maximum absolute atomic E-state index is 13.0. The molecule has 1 aliphatic rings. The Bertz CT molecular complexity index is 1060. The average molecular weight is 422 g/mol. The van der Waals surface area contributed by atoms with Crippen LogP contribution in [0.3, 0.4) is 0 Å². The van der Waals surface area contributed by atoms with Crippen molar-refractivity contribution in [3.63, 3.8) is 0 Å². The second-order valence-electron chi connectivity index (χ2n) is 7.02. The Balaban J connectivity index is 1.54. The Morgan fingerprint density at radius 2 is 2.07 bits per heavy atom. The standard InChI is InChI=1S/C23H23N3O3S/c1-2-29-17-8-3-7-16(12-17)21(27)26-23-20(18-9-4-10-19(18)30-23)22(28)25-14-15-6-5-11-24-13-15/h3,5-8,11-13H,2,4,9-10,14H2,1H3,(H,25,28)(H,26,27). The molecule has 2 heterocycles. The van der Waals surface area contributed by atoms with Gasteiger partial charge < -0.3 is 15.4 Å². The smallest absolute Gasteiger partial charge is 0.256 e. The Kier molecular flexibility index (Phi) is 6.09. The lowest BCUT2D eigenvalue weighted by atomic mass is 10.1. The number of benzene rings is 1. The average Bonchev–Trinajstić information content (AvgIpc) is 3.34. The monoisotopic (exact) mass is 421 g/mol. The van der Waals surface area contributed by atoms with Crippen LogP contribution >= 0.6 is 11.3 Å². The van der Waals surface area contributed by atoms with Gasteiger partial charge in [-0.25, -0.2) is 0 Å². The summed E-state index contributed by atoms with van der Waals surface area (Å²) in [6.45, 7) is 2.82. The number of rotatable bonds is 7. The third-order valence-electron chi connectivity index (χ3n) is 4.96. The van der Waals surface area contributed by atoms with E-state index in [0.717, 1.165) is 30.4 Å². The number of amides is 2. The minimum absolute atomic E-state index is 0.170. The molecule has 1 aromatic carbocycles. The first-order chi connectivity index (χ1) is 14.7. The van der Waals surface area contributed by atoms with Crippen LogP contribution in [0.25, 0.3) is 0 Å². The van der Waals surface area contributed by atoms with Crippen LogP contribution < -0.4 is 15.4 Å². The predicted octanol–water partition coefficient (Wildman–Crippen LogP) is 4.21. The molecule has 0 saturated heterocycles. The first-order valence-electron chi connectivity index (χ1n) is 10.0. The van der Waals surface area contributed by atoms with Crippen molar-refractivity contribution in [2.45, 2.75) is 32.7 Å². The predicted molar refractivity (Wildman–Crippen MR) is 117 cm³/mol. The van der Waals surface area contributed by atoms with Crippen LogP contribution in [0.4, 0.5) is 5.00 Å². The zero-order valence-corrected chi connectivity index (χ0v) is 17.6. The molecule has 4 rings (SSSR count). The van der Waals surface area contributed by atoms with E-state index in [1.54, 1.807) is 30.6 Å². The number of aryl methyl sites for hydroxylation is 1. The SMILES string of the molecule is CCOc1cccc(C(=O)Nc2sc3c(c2C(=O)NCc2cccnc2)CCC3)c1. The van der Waals surface area contributed by atoms with E-state index in [1.165, 1.54) is 16.2 Å². The lowest BCUT2D eigenvalue weighted by Gasteiger charge is -2.10. The number of anilines is 1. The minimum atomic E-state index is -0.252. The zero-order chi connectivity index (χ0) is 20.9. The van der Waals surface area contributed by atoms with E-state index in [1.807, 2.05) is 25.1 Å². The van der Waals surface area contributed by atoms with E-state index in [0.29, 0.717) is 35.0 Å². The number of hydrogen-bond donors (Lipinski definition) is 2. The summed E-state index contributed by atoms with van der Waals surface area (Å²) in [5.41, 5.74) is 3.07. The summed E-state index contributed by atoms with van der Waals surface area (Å²) in [4.78, 5) is 31.1. The van der Waals surface area contributed by atoms with Crippen LogP contribution in [0, 0.1) is 0 Å². The van der Waals surface area contributed by atoms with E-state index in [9.17, 15) is 9.59 Å². The highest BCUT2D eigenvalue weighted by atomic mass is 32.1. The number of carbonyl (C=O) groups is 2. The van der Waals surface area contributed by atoms with E-state index < -0.39 is 0 Å². The van der Waals surface area contributed by atoms with Gasteiger partial charge in [0.1, 0.15) is 10.8 Å². The van der Waals surface area contributed by atoms with Gasteiger partial charge in [-0.05, 0) is 61.6 Å². The number of carbonyl (C=O) groups excluding carboxylic acids is 2. The highest BCUT2D eigenvalue weighted by molar-refractivity contribution is 7.17. The largest absolute Gasteiger partial charge is 0.494 e. The number of thiophene rings is 1. The fourth-order valence-corrected chi connectivity index (χ4v) is 4.86. The maximum atomic E-state index is 13.0. The molecule has 0 bridgehead atoms. The van der Waals surface area contributed by atoms with Crippen molar-refractivity contribution in [1.29, 1.82) is 0 Å². The Labute approximate surface area is 179 Å². The van der Waals surface area contributed by atoms with Gasteiger partial charge in [0.25, 0.3) is 11.8 Å². The fraction of sp³-hybridized carbons (Fsp3) is 0.261. The number of ether oxygens (including phenoxy) is 1. The molecule has 0 radical (unpaired) electrons. The molecule has 154 valence electrons. The van der Waals surface area contributed by atoms with Crippen molar-refractivity contribution in [3.8, 4) is 5.75 Å². The molecule has 2 amide bonds. The topological polar surface area (TPSA) is 80.3 Å². The molecule has 0 aliphatic heterocycles. The molecule has 2 N–H and O–H groups in total. The van der Waals surface area contributed by atoms with Gasteiger partial charge in [0.2, 0.25) is 0 Å². The van der Waals surface area contributed by atoms with E-state index in [-0.39, 0.29) is 11.8 Å². The molecule has 30 heavy (non-hydrogen) atoms. The molecule has 1 aliphatic carbocycles. The van der Waals surface area contributed by atoms with Crippen LogP contribution in [0.2, 0.25) is 0 Å². The van der Waals surface area contributed by atoms with Gasteiger partial charge in [-0.3, -0.25) is 14.6 Å². The highest BCUT2D eigenvalue weighted by Crippen LogP contribution is 2.39. The molecule has 6 nitrogen and oxygen atoms in total. The van der Waals surface area contributed by atoms with E-state index >= 15 is 0 Å². The van der Waals surface area contributed by atoms with Crippen LogP contribution in [0.1, 0.15) is 50.1 Å². The molecule has 7 heteroatoms. The van der Waals surface area contributed by atoms with Crippen molar-refractivity contribution >= 4 is 28.2 Å². The number of nitrogens with zero attached hydrogens (tertiary/aromatic N) is 1. The number of hydrogen-bond acceptors (Lipinski definition) is 5. The van der Waals surface area contributed by atoms with Crippen molar-refractivity contribution in [2.24, 2.45) is 0 Å². The minimum Gasteiger partial charge on any atom is -0.494 e. The van der Waals surface area contributed by atoms with E-state index in [4.69, 9.17) is 4.74 Å². The summed E-state index contributed by atoms with van der Waals surface area (Å²) in [5.74, 6) is 0.225. The van der Waals surface area contributed by atoms with Gasteiger partial charge in [0.15, 0.2) is 0 Å². The number of fused-ring (bicyclic) bond motifs is 1. The Morgan fingerprint density at radius 3 is 2.87 bits per heavy atom. The lowest BCUT2D eigenvalue weighted by molar-refractivity contribution is 0.0951. The fourth-order valence-electron chi connectivity index (χ4n) is 3.58. The molecule has 0 atom stereocenters. The van der Waals surface area contributed by atoms with Gasteiger partial charge in [0, 0.05) is 29.4 Å². The van der Waals surface area contributed by atoms with Gasteiger partial charge in [-0.1, -0.05) is 12.1 Å².